The van der Waals surface area contributed by atoms with Crippen molar-refractivity contribution < 1.29 is 17.6 Å². The molecule has 8 nitrogen and oxygen atoms in total. The number of sulfonamides is 1. The van der Waals surface area contributed by atoms with Gasteiger partial charge in [0.1, 0.15) is 0 Å². The molecule has 4 rings (SSSR count). The van der Waals surface area contributed by atoms with E-state index in [-0.39, 0.29) is 17.2 Å². The van der Waals surface area contributed by atoms with Crippen molar-refractivity contribution >= 4 is 21.6 Å². The Morgan fingerprint density at radius 3 is 2.32 bits per heavy atom. The van der Waals surface area contributed by atoms with E-state index in [1.807, 2.05) is 31.2 Å². The Kier molecular flexibility index (Phi) is 7.13. The first-order chi connectivity index (χ1) is 16.2. The summed E-state index contributed by atoms with van der Waals surface area (Å²) >= 11 is 0. The lowest BCUT2D eigenvalue weighted by atomic mass is 9.94. The Labute approximate surface area is 200 Å². The van der Waals surface area contributed by atoms with Gasteiger partial charge in [-0.2, -0.15) is 4.31 Å². The summed E-state index contributed by atoms with van der Waals surface area (Å²) in [6.45, 7) is 7.23. The molecule has 34 heavy (non-hydrogen) atoms. The van der Waals surface area contributed by atoms with Gasteiger partial charge in [0.25, 0.3) is 0 Å². The third kappa shape index (κ3) is 5.71. The predicted molar refractivity (Wildman–Crippen MR) is 130 cm³/mol. The van der Waals surface area contributed by atoms with Crippen molar-refractivity contribution in [2.75, 3.05) is 18.4 Å². The highest BCUT2D eigenvalue weighted by molar-refractivity contribution is 7.89. The number of amides is 1. The van der Waals surface area contributed by atoms with E-state index in [0.29, 0.717) is 48.8 Å². The van der Waals surface area contributed by atoms with E-state index >= 15 is 0 Å². The quantitative estimate of drug-likeness (QED) is 0.539. The highest BCUT2D eigenvalue weighted by atomic mass is 32.2. The molecular weight excluding hydrogens is 452 g/mol. The Balaban J connectivity index is 1.32. The van der Waals surface area contributed by atoms with Crippen LogP contribution in [-0.2, 0) is 21.2 Å². The summed E-state index contributed by atoms with van der Waals surface area (Å²) in [6.07, 6.45) is 1.51. The molecule has 180 valence electrons. The van der Waals surface area contributed by atoms with Crippen LogP contribution in [0.15, 0.2) is 57.8 Å². The molecule has 0 spiro atoms. The third-order valence-corrected chi connectivity index (χ3v) is 7.79. The summed E-state index contributed by atoms with van der Waals surface area (Å²) in [5.41, 5.74) is 2.51. The van der Waals surface area contributed by atoms with Crippen LogP contribution in [0.3, 0.4) is 0 Å². The number of nitrogens with zero attached hydrogens (tertiary/aromatic N) is 3. The van der Waals surface area contributed by atoms with Crippen LogP contribution in [0, 0.1) is 18.8 Å². The molecule has 1 saturated heterocycles. The highest BCUT2D eigenvalue weighted by Gasteiger charge is 2.31. The van der Waals surface area contributed by atoms with Crippen molar-refractivity contribution in [3.05, 3.63) is 60.0 Å². The number of aryl methyl sites for hydroxylation is 2. The van der Waals surface area contributed by atoms with Crippen LogP contribution >= 0.6 is 0 Å². The average molecular weight is 483 g/mol. The second-order valence-electron chi connectivity index (χ2n) is 9.21. The maximum absolute atomic E-state index is 13.0. The summed E-state index contributed by atoms with van der Waals surface area (Å²) in [6, 6.07) is 14.1. The van der Waals surface area contributed by atoms with Crippen molar-refractivity contribution in [3.8, 4) is 11.5 Å². The lowest BCUT2D eigenvalue weighted by Gasteiger charge is -2.34. The van der Waals surface area contributed by atoms with E-state index in [1.54, 1.807) is 28.6 Å². The molecule has 1 aliphatic rings. The van der Waals surface area contributed by atoms with Gasteiger partial charge in [-0.1, -0.05) is 31.5 Å². The topological polar surface area (TPSA) is 105 Å². The monoisotopic (exact) mass is 482 g/mol. The molecule has 1 aliphatic heterocycles. The van der Waals surface area contributed by atoms with E-state index < -0.39 is 10.0 Å². The number of carbonyl (C=O) groups excluding carboxylic acids is 1. The van der Waals surface area contributed by atoms with Gasteiger partial charge >= 0.3 is 0 Å². The number of nitrogens with one attached hydrogen (secondary N) is 1. The van der Waals surface area contributed by atoms with Gasteiger partial charge in [-0.15, -0.1) is 10.2 Å². The zero-order chi connectivity index (χ0) is 24.3. The number of carbonyl (C=O) groups is 1. The van der Waals surface area contributed by atoms with E-state index in [0.717, 1.165) is 17.5 Å². The molecule has 3 aromatic rings. The van der Waals surface area contributed by atoms with Crippen LogP contribution in [0.4, 0.5) is 5.69 Å². The first kappa shape index (κ1) is 24.1. The fraction of sp³-hybridized carbons (Fsp3) is 0.400. The number of aromatic nitrogens is 2. The van der Waals surface area contributed by atoms with Crippen LogP contribution < -0.4 is 5.32 Å². The third-order valence-electron chi connectivity index (χ3n) is 5.94. The summed E-state index contributed by atoms with van der Waals surface area (Å²) in [7, 11) is -3.55. The Bertz CT molecular complexity index is 1230. The number of benzene rings is 2. The molecule has 2 unspecified atom stereocenters. The molecular formula is C25H30N4O4S. The van der Waals surface area contributed by atoms with Gasteiger partial charge < -0.3 is 9.73 Å². The second-order valence-corrected chi connectivity index (χ2v) is 11.1. The molecule has 9 heteroatoms. The van der Waals surface area contributed by atoms with Crippen molar-refractivity contribution in [1.29, 1.82) is 0 Å². The minimum absolute atomic E-state index is 0.166. The Morgan fingerprint density at radius 1 is 1.03 bits per heavy atom. The molecule has 2 aromatic carbocycles. The second kappa shape index (κ2) is 10.1. The number of piperidine rings is 1. The standard InChI is InChI=1S/C25H30N4O4S/c1-17-4-6-20(7-5-17)25-28-27-24(33-25)13-12-23(30)26-21-8-10-22(11-9-21)34(31,32)29-15-18(2)14-19(3)16-29/h4-11,18-19H,12-16H2,1-3H3,(H,26,30). The maximum atomic E-state index is 13.0. The zero-order valence-corrected chi connectivity index (χ0v) is 20.5. The van der Waals surface area contributed by atoms with Crippen molar-refractivity contribution in [3.63, 3.8) is 0 Å². The maximum Gasteiger partial charge on any atom is 0.247 e. The molecule has 0 bridgehead atoms. The summed E-state index contributed by atoms with van der Waals surface area (Å²) in [5, 5.41) is 10.9. The van der Waals surface area contributed by atoms with Crippen LogP contribution in [0.1, 0.15) is 38.1 Å². The fourth-order valence-corrected chi connectivity index (χ4v) is 5.95. The van der Waals surface area contributed by atoms with Crippen molar-refractivity contribution in [1.82, 2.24) is 14.5 Å². The molecule has 1 amide bonds. The highest BCUT2D eigenvalue weighted by Crippen LogP contribution is 2.27. The number of rotatable bonds is 7. The van der Waals surface area contributed by atoms with Gasteiger partial charge in [-0.25, -0.2) is 8.42 Å². The van der Waals surface area contributed by atoms with Gasteiger partial charge in [-0.05, 0) is 61.6 Å². The molecule has 1 aromatic heterocycles. The van der Waals surface area contributed by atoms with Crippen molar-refractivity contribution in [2.24, 2.45) is 11.8 Å². The predicted octanol–water partition coefficient (Wildman–Crippen LogP) is 4.28. The summed E-state index contributed by atoms with van der Waals surface area (Å²) < 4.78 is 33.2. The molecule has 1 N–H and O–H groups in total. The summed E-state index contributed by atoms with van der Waals surface area (Å²) in [4.78, 5) is 12.6. The van der Waals surface area contributed by atoms with E-state index in [9.17, 15) is 13.2 Å². The smallest absolute Gasteiger partial charge is 0.247 e. The largest absolute Gasteiger partial charge is 0.421 e. The van der Waals surface area contributed by atoms with Crippen LogP contribution in [0.2, 0.25) is 0 Å². The van der Waals surface area contributed by atoms with E-state index in [1.165, 1.54) is 0 Å². The number of hydrogen-bond acceptors (Lipinski definition) is 6. The average Bonchev–Trinajstić information content (AvgIpc) is 3.27. The molecule has 0 aliphatic carbocycles. The van der Waals surface area contributed by atoms with Gasteiger partial charge in [-0.3, -0.25) is 4.79 Å². The first-order valence-corrected chi connectivity index (χ1v) is 12.9. The lowest BCUT2D eigenvalue weighted by molar-refractivity contribution is -0.116. The van der Waals surface area contributed by atoms with E-state index in [4.69, 9.17) is 4.42 Å². The molecule has 0 saturated carbocycles. The normalized spacial score (nSPS) is 19.1. The van der Waals surface area contributed by atoms with Gasteiger partial charge in [0.2, 0.25) is 27.7 Å². The first-order valence-electron chi connectivity index (χ1n) is 11.5. The summed E-state index contributed by atoms with van der Waals surface area (Å²) in [5.74, 6) is 1.26. The Morgan fingerprint density at radius 2 is 1.68 bits per heavy atom. The minimum atomic E-state index is -3.55. The fourth-order valence-electron chi connectivity index (χ4n) is 4.27. The van der Waals surface area contributed by atoms with Crippen LogP contribution in [0.5, 0.6) is 0 Å². The molecule has 2 atom stereocenters. The lowest BCUT2D eigenvalue weighted by Crippen LogP contribution is -2.42. The van der Waals surface area contributed by atoms with Gasteiger partial charge in [0, 0.05) is 37.2 Å². The van der Waals surface area contributed by atoms with Gasteiger partial charge in [0.05, 0.1) is 4.90 Å². The van der Waals surface area contributed by atoms with E-state index in [2.05, 4.69) is 29.4 Å². The Hall–Kier alpha value is -3.04. The SMILES string of the molecule is Cc1ccc(-c2nnc(CCC(=O)Nc3ccc(S(=O)(=O)N4CC(C)CC(C)C4)cc3)o2)cc1. The van der Waals surface area contributed by atoms with Crippen LogP contribution in [0.25, 0.3) is 11.5 Å². The van der Waals surface area contributed by atoms with Crippen molar-refractivity contribution in [2.45, 2.75) is 44.9 Å². The van der Waals surface area contributed by atoms with Gasteiger partial charge in [0.15, 0.2) is 0 Å². The minimum Gasteiger partial charge on any atom is -0.421 e. The molecule has 2 heterocycles. The molecule has 0 radical (unpaired) electrons. The number of hydrogen-bond donors (Lipinski definition) is 1. The number of anilines is 1. The molecule has 1 fully saturated rings. The van der Waals surface area contributed by atoms with Crippen LogP contribution in [-0.4, -0.2) is 41.9 Å². The zero-order valence-electron chi connectivity index (χ0n) is 19.7.